The van der Waals surface area contributed by atoms with Gasteiger partial charge in [0.05, 0.1) is 16.8 Å². The van der Waals surface area contributed by atoms with Gasteiger partial charge in [0.2, 0.25) is 0 Å². The molecule has 138 valence electrons. The summed E-state index contributed by atoms with van der Waals surface area (Å²) in [5.74, 6) is 1.68. The molecular formula is C21H23N5O. The van der Waals surface area contributed by atoms with E-state index in [0.717, 1.165) is 64.4 Å². The van der Waals surface area contributed by atoms with Gasteiger partial charge in [-0.2, -0.15) is 0 Å². The van der Waals surface area contributed by atoms with Crippen LogP contribution in [0.15, 0.2) is 24.3 Å². The number of carbonyl (C=O) groups is 1. The number of nitrogens with one attached hydrogen (secondary N) is 3. The average Bonchev–Trinajstić information content (AvgIpc) is 3.11. The van der Waals surface area contributed by atoms with Crippen LogP contribution in [0.2, 0.25) is 0 Å². The van der Waals surface area contributed by atoms with Gasteiger partial charge in [-0.05, 0) is 37.8 Å². The van der Waals surface area contributed by atoms with E-state index >= 15 is 0 Å². The Morgan fingerprint density at radius 3 is 2.85 bits per heavy atom. The number of aromatic amines is 1. The molecule has 0 spiro atoms. The van der Waals surface area contributed by atoms with Crippen LogP contribution in [0.25, 0.3) is 22.3 Å². The Hall–Kier alpha value is -2.89. The molecule has 0 radical (unpaired) electrons. The highest BCUT2D eigenvalue weighted by Gasteiger charge is 2.29. The lowest BCUT2D eigenvalue weighted by molar-refractivity contribution is 0.0938. The lowest BCUT2D eigenvalue weighted by Crippen LogP contribution is -2.34. The molecule has 2 atom stereocenters. The van der Waals surface area contributed by atoms with E-state index < -0.39 is 0 Å². The van der Waals surface area contributed by atoms with Crippen molar-refractivity contribution < 1.29 is 4.79 Å². The zero-order valence-corrected chi connectivity index (χ0v) is 15.6. The van der Waals surface area contributed by atoms with E-state index in [-0.39, 0.29) is 5.91 Å². The third-order valence-electron chi connectivity index (χ3n) is 5.80. The number of benzene rings is 1. The number of aryl methyl sites for hydroxylation is 1. The summed E-state index contributed by atoms with van der Waals surface area (Å²) in [4.78, 5) is 25.6. The third-order valence-corrected chi connectivity index (χ3v) is 5.80. The van der Waals surface area contributed by atoms with Crippen molar-refractivity contribution in [3.63, 3.8) is 0 Å². The molecule has 3 N–H and O–H groups in total. The Labute approximate surface area is 157 Å². The molecule has 2 aromatic heterocycles. The molecule has 0 saturated heterocycles. The van der Waals surface area contributed by atoms with E-state index in [0.29, 0.717) is 18.4 Å². The number of anilines is 1. The molecule has 1 aromatic carbocycles. The number of amides is 1. The van der Waals surface area contributed by atoms with Crippen LogP contribution in [0.1, 0.15) is 47.4 Å². The summed E-state index contributed by atoms with van der Waals surface area (Å²) in [6.07, 6.45) is 2.13. The average molecular weight is 361 g/mol. The second kappa shape index (κ2) is 6.08. The summed E-state index contributed by atoms with van der Waals surface area (Å²) >= 11 is 0. The zero-order valence-electron chi connectivity index (χ0n) is 15.6. The molecule has 27 heavy (non-hydrogen) atoms. The smallest absolute Gasteiger partial charge is 0.253 e. The molecule has 0 fully saturated rings. The van der Waals surface area contributed by atoms with Crippen LogP contribution in [0.4, 0.5) is 5.82 Å². The first kappa shape index (κ1) is 16.3. The van der Waals surface area contributed by atoms with Gasteiger partial charge in [0.25, 0.3) is 5.91 Å². The maximum absolute atomic E-state index is 12.4. The molecule has 6 nitrogen and oxygen atoms in total. The Kier molecular flexibility index (Phi) is 3.67. The second-order valence-electron chi connectivity index (χ2n) is 7.81. The normalized spacial score (nSPS) is 21.8. The minimum absolute atomic E-state index is 0.00779. The van der Waals surface area contributed by atoms with Gasteiger partial charge in [-0.1, -0.05) is 19.1 Å². The van der Waals surface area contributed by atoms with Crippen molar-refractivity contribution in [1.29, 1.82) is 0 Å². The lowest BCUT2D eigenvalue weighted by atomic mass is 9.90. The van der Waals surface area contributed by atoms with Crippen LogP contribution in [-0.4, -0.2) is 33.9 Å². The van der Waals surface area contributed by atoms with Crippen LogP contribution >= 0.6 is 0 Å². The number of rotatable bonds is 0. The fourth-order valence-corrected chi connectivity index (χ4v) is 4.19. The van der Waals surface area contributed by atoms with Crippen molar-refractivity contribution in [3.05, 3.63) is 41.2 Å². The van der Waals surface area contributed by atoms with Gasteiger partial charge in [0.1, 0.15) is 11.3 Å². The maximum Gasteiger partial charge on any atom is 0.253 e. The molecule has 0 aliphatic carbocycles. The van der Waals surface area contributed by atoms with Gasteiger partial charge < -0.3 is 15.6 Å². The summed E-state index contributed by atoms with van der Waals surface area (Å²) in [7, 11) is 0. The monoisotopic (exact) mass is 361 g/mol. The number of carbonyl (C=O) groups excluding carboxylic acids is 1. The van der Waals surface area contributed by atoms with Crippen LogP contribution in [0.5, 0.6) is 0 Å². The van der Waals surface area contributed by atoms with Crippen LogP contribution in [-0.2, 0) is 0 Å². The van der Waals surface area contributed by atoms with Crippen LogP contribution in [0.3, 0.4) is 0 Å². The molecule has 2 aliphatic heterocycles. The first-order valence-electron chi connectivity index (χ1n) is 9.63. The Bertz CT molecular complexity index is 1050. The molecule has 4 heterocycles. The molecule has 1 amide bonds. The van der Waals surface area contributed by atoms with E-state index in [1.807, 2.05) is 31.2 Å². The van der Waals surface area contributed by atoms with E-state index in [9.17, 15) is 4.79 Å². The molecule has 3 aromatic rings. The van der Waals surface area contributed by atoms with Crippen LogP contribution < -0.4 is 10.6 Å². The first-order chi connectivity index (χ1) is 13.1. The number of H-pyrrole nitrogens is 1. The minimum Gasteiger partial charge on any atom is -0.368 e. The highest BCUT2D eigenvalue weighted by Crippen LogP contribution is 2.35. The van der Waals surface area contributed by atoms with Crippen molar-refractivity contribution in [2.45, 2.75) is 32.6 Å². The summed E-state index contributed by atoms with van der Waals surface area (Å²) in [5.41, 5.74) is 6.38. The van der Waals surface area contributed by atoms with Gasteiger partial charge >= 0.3 is 0 Å². The number of hydrogen-bond donors (Lipinski definition) is 3. The van der Waals surface area contributed by atoms with Crippen molar-refractivity contribution in [1.82, 2.24) is 20.3 Å². The molecular weight excluding hydrogens is 338 g/mol. The molecule has 4 bridgehead atoms. The highest BCUT2D eigenvalue weighted by molar-refractivity contribution is 6.00. The highest BCUT2D eigenvalue weighted by atomic mass is 16.1. The number of para-hydroxylation sites is 1. The van der Waals surface area contributed by atoms with Crippen LogP contribution in [0, 0.1) is 12.8 Å². The molecule has 5 rings (SSSR count). The van der Waals surface area contributed by atoms with Gasteiger partial charge in [-0.25, -0.2) is 9.97 Å². The number of nitrogens with zero attached hydrogens (tertiary/aromatic N) is 2. The molecule has 0 saturated carbocycles. The maximum atomic E-state index is 12.4. The van der Waals surface area contributed by atoms with E-state index in [2.05, 4.69) is 22.5 Å². The predicted octanol–water partition coefficient (Wildman–Crippen LogP) is 3.60. The summed E-state index contributed by atoms with van der Waals surface area (Å²) in [6.45, 7) is 5.81. The Morgan fingerprint density at radius 2 is 1.96 bits per heavy atom. The summed E-state index contributed by atoms with van der Waals surface area (Å²) in [6, 6.07) is 8.00. The van der Waals surface area contributed by atoms with E-state index in [4.69, 9.17) is 9.97 Å². The second-order valence-corrected chi connectivity index (χ2v) is 7.81. The number of fused-ring (bicyclic) bond motifs is 3. The number of aromatic nitrogens is 3. The molecule has 0 unspecified atom stereocenters. The minimum atomic E-state index is 0.00779. The lowest BCUT2D eigenvalue weighted by Gasteiger charge is -2.24. The largest absolute Gasteiger partial charge is 0.368 e. The topological polar surface area (TPSA) is 82.7 Å². The fourth-order valence-electron chi connectivity index (χ4n) is 4.19. The van der Waals surface area contributed by atoms with E-state index in [1.165, 1.54) is 0 Å². The fraction of sp³-hybridized carbons (Fsp3) is 0.381. The van der Waals surface area contributed by atoms with Crippen molar-refractivity contribution in [3.8, 4) is 11.3 Å². The van der Waals surface area contributed by atoms with E-state index in [1.54, 1.807) is 0 Å². The van der Waals surface area contributed by atoms with Gasteiger partial charge in [0, 0.05) is 36.0 Å². The van der Waals surface area contributed by atoms with Crippen molar-refractivity contribution in [2.24, 2.45) is 5.92 Å². The standard InChI is InChI=1S/C21H23N5O/c1-11-6-7-13-10-23-21(27)15-8-17(25-18(13)15)14-4-3-5-16-19(14)26-20(22-9-11)12(2)24-16/h3-5,8,11,13,25H,6-7,9-10H2,1-2H3,(H,22,26)(H,23,27)/t11-,13+/m0/s1. The van der Waals surface area contributed by atoms with Gasteiger partial charge in [-0.15, -0.1) is 0 Å². The molecule has 6 heteroatoms. The zero-order chi connectivity index (χ0) is 18.5. The summed E-state index contributed by atoms with van der Waals surface area (Å²) < 4.78 is 0. The van der Waals surface area contributed by atoms with Crippen molar-refractivity contribution in [2.75, 3.05) is 18.4 Å². The SMILES string of the molecule is Cc1nc2cccc3c2nc1NC[C@@H](C)CC[C@@H]1CNC(=O)c2cc-3[nH]c21. The summed E-state index contributed by atoms with van der Waals surface area (Å²) in [5, 5.41) is 6.55. The Balaban J connectivity index is 1.76. The third kappa shape index (κ3) is 2.67. The molecule has 2 aliphatic rings. The first-order valence-corrected chi connectivity index (χ1v) is 9.63. The van der Waals surface area contributed by atoms with Gasteiger partial charge in [0.15, 0.2) is 0 Å². The van der Waals surface area contributed by atoms with Crippen molar-refractivity contribution >= 4 is 22.8 Å². The van der Waals surface area contributed by atoms with Gasteiger partial charge in [-0.3, -0.25) is 4.79 Å². The quantitative estimate of drug-likeness (QED) is 0.571. The Morgan fingerprint density at radius 1 is 1.07 bits per heavy atom. The number of hydrogen-bond acceptors (Lipinski definition) is 4. The predicted molar refractivity (Wildman–Crippen MR) is 106 cm³/mol.